The van der Waals surface area contributed by atoms with Crippen LogP contribution in [-0.2, 0) is 13.2 Å². The van der Waals surface area contributed by atoms with E-state index in [-0.39, 0.29) is 24.3 Å². The Morgan fingerprint density at radius 3 is 2.33 bits per heavy atom. The molecule has 0 saturated heterocycles. The Balaban J connectivity index is 2.25. The van der Waals surface area contributed by atoms with Gasteiger partial charge in [-0.15, -0.1) is 0 Å². The number of rotatable bonds is 4. The Morgan fingerprint density at radius 2 is 1.76 bits per heavy atom. The molecule has 0 amide bonds. The monoisotopic (exact) mass is 292 g/mol. The standard InChI is InChI=1S/C15H11F3N2O/c16-12-2-1-10(7-20)11(5-12)8-21-15-13(17)3-9(6-19)4-14(15)18/h1-5H,6,8,19H2. The van der Waals surface area contributed by atoms with Crippen molar-refractivity contribution in [3.8, 4) is 11.8 Å². The van der Waals surface area contributed by atoms with Gasteiger partial charge in [-0.2, -0.15) is 5.26 Å². The molecule has 0 bridgehead atoms. The number of hydrogen-bond donors (Lipinski definition) is 1. The molecule has 0 aromatic heterocycles. The summed E-state index contributed by atoms with van der Waals surface area (Å²) in [5.41, 5.74) is 5.98. The van der Waals surface area contributed by atoms with Gasteiger partial charge in [-0.1, -0.05) is 0 Å². The zero-order chi connectivity index (χ0) is 15.4. The van der Waals surface area contributed by atoms with Gasteiger partial charge in [0, 0.05) is 12.1 Å². The Morgan fingerprint density at radius 1 is 1.10 bits per heavy atom. The van der Waals surface area contributed by atoms with Crippen molar-refractivity contribution in [2.24, 2.45) is 5.73 Å². The number of hydrogen-bond acceptors (Lipinski definition) is 3. The number of benzene rings is 2. The summed E-state index contributed by atoms with van der Waals surface area (Å²) >= 11 is 0. The summed E-state index contributed by atoms with van der Waals surface area (Å²) in [5.74, 6) is -2.94. The van der Waals surface area contributed by atoms with Crippen LogP contribution in [0.1, 0.15) is 16.7 Å². The van der Waals surface area contributed by atoms with Crippen molar-refractivity contribution in [3.63, 3.8) is 0 Å². The Bertz CT molecular complexity index is 688. The van der Waals surface area contributed by atoms with Crippen LogP contribution in [0.15, 0.2) is 30.3 Å². The molecule has 2 aromatic rings. The van der Waals surface area contributed by atoms with Crippen LogP contribution in [0.4, 0.5) is 13.2 Å². The predicted octanol–water partition coefficient (Wildman–Crippen LogP) is 3.01. The van der Waals surface area contributed by atoms with E-state index >= 15 is 0 Å². The van der Waals surface area contributed by atoms with Crippen molar-refractivity contribution >= 4 is 0 Å². The third-order valence-corrected chi connectivity index (χ3v) is 2.85. The van der Waals surface area contributed by atoms with Crippen LogP contribution in [-0.4, -0.2) is 0 Å². The molecule has 2 aromatic carbocycles. The van der Waals surface area contributed by atoms with Crippen molar-refractivity contribution in [2.45, 2.75) is 13.2 Å². The normalized spacial score (nSPS) is 10.2. The van der Waals surface area contributed by atoms with Gasteiger partial charge >= 0.3 is 0 Å². The van der Waals surface area contributed by atoms with E-state index in [2.05, 4.69) is 0 Å². The minimum atomic E-state index is -0.898. The lowest BCUT2D eigenvalue weighted by molar-refractivity contribution is 0.273. The van der Waals surface area contributed by atoms with Gasteiger partial charge in [0.15, 0.2) is 17.4 Å². The van der Waals surface area contributed by atoms with Gasteiger partial charge in [-0.3, -0.25) is 0 Å². The van der Waals surface area contributed by atoms with E-state index in [0.29, 0.717) is 5.56 Å². The van der Waals surface area contributed by atoms with E-state index < -0.39 is 23.2 Å². The third kappa shape index (κ3) is 3.33. The molecule has 3 nitrogen and oxygen atoms in total. The molecule has 0 atom stereocenters. The van der Waals surface area contributed by atoms with Crippen LogP contribution in [0.3, 0.4) is 0 Å². The smallest absolute Gasteiger partial charge is 0.191 e. The molecule has 2 N–H and O–H groups in total. The van der Waals surface area contributed by atoms with Gasteiger partial charge in [0.25, 0.3) is 0 Å². The van der Waals surface area contributed by atoms with Crippen LogP contribution in [0.5, 0.6) is 5.75 Å². The van der Waals surface area contributed by atoms with Gasteiger partial charge in [0.1, 0.15) is 12.4 Å². The van der Waals surface area contributed by atoms with E-state index in [0.717, 1.165) is 24.3 Å². The van der Waals surface area contributed by atoms with Crippen molar-refractivity contribution in [2.75, 3.05) is 0 Å². The highest BCUT2D eigenvalue weighted by atomic mass is 19.1. The molecule has 2 rings (SSSR count). The molecular formula is C15H11F3N2O. The minimum absolute atomic E-state index is 0.00338. The SMILES string of the molecule is N#Cc1ccc(F)cc1COc1c(F)cc(CN)cc1F. The second kappa shape index (κ2) is 6.29. The fourth-order valence-corrected chi connectivity index (χ4v) is 1.81. The predicted molar refractivity (Wildman–Crippen MR) is 69.7 cm³/mol. The fraction of sp³-hybridized carbons (Fsp3) is 0.133. The zero-order valence-corrected chi connectivity index (χ0v) is 10.9. The first-order valence-electron chi connectivity index (χ1n) is 6.04. The van der Waals surface area contributed by atoms with Crippen molar-refractivity contribution in [3.05, 3.63) is 64.5 Å². The molecule has 0 heterocycles. The molecule has 108 valence electrons. The quantitative estimate of drug-likeness (QED) is 0.942. The Hall–Kier alpha value is -2.52. The van der Waals surface area contributed by atoms with E-state index in [1.54, 1.807) is 0 Å². The lowest BCUT2D eigenvalue weighted by atomic mass is 10.1. The number of nitrogens with two attached hydrogens (primary N) is 1. The lowest BCUT2D eigenvalue weighted by Gasteiger charge is -2.10. The maximum atomic E-state index is 13.7. The number of halogens is 3. The molecule has 0 fully saturated rings. The van der Waals surface area contributed by atoms with Crippen LogP contribution in [0, 0.1) is 28.8 Å². The summed E-state index contributed by atoms with van der Waals surface area (Å²) in [7, 11) is 0. The molecule has 0 radical (unpaired) electrons. The van der Waals surface area contributed by atoms with Crippen LogP contribution in [0.25, 0.3) is 0 Å². The second-order valence-electron chi connectivity index (χ2n) is 4.29. The number of ether oxygens (including phenoxy) is 1. The summed E-state index contributed by atoms with van der Waals surface area (Å²) in [6, 6.07) is 7.47. The number of nitrogens with zero attached hydrogens (tertiary/aromatic N) is 1. The topological polar surface area (TPSA) is 59.0 Å². The van der Waals surface area contributed by atoms with Crippen molar-refractivity contribution in [1.29, 1.82) is 5.26 Å². The maximum Gasteiger partial charge on any atom is 0.191 e. The van der Waals surface area contributed by atoms with E-state index in [1.807, 2.05) is 6.07 Å². The molecule has 6 heteroatoms. The number of nitriles is 1. The van der Waals surface area contributed by atoms with Gasteiger partial charge in [0.2, 0.25) is 0 Å². The zero-order valence-electron chi connectivity index (χ0n) is 10.9. The van der Waals surface area contributed by atoms with Gasteiger partial charge in [0.05, 0.1) is 11.6 Å². The maximum absolute atomic E-state index is 13.7. The molecule has 0 aliphatic heterocycles. The van der Waals surface area contributed by atoms with Crippen molar-refractivity contribution < 1.29 is 17.9 Å². The lowest BCUT2D eigenvalue weighted by Crippen LogP contribution is -2.04. The molecule has 0 spiro atoms. The minimum Gasteiger partial charge on any atom is -0.483 e. The van der Waals surface area contributed by atoms with Crippen molar-refractivity contribution in [1.82, 2.24) is 0 Å². The summed E-state index contributed by atoms with van der Waals surface area (Å²) < 4.78 is 45.6. The van der Waals surface area contributed by atoms with E-state index in [1.165, 1.54) is 6.07 Å². The first-order chi connectivity index (χ1) is 10.0. The first-order valence-corrected chi connectivity index (χ1v) is 6.04. The van der Waals surface area contributed by atoms with Gasteiger partial charge in [-0.05, 0) is 35.9 Å². The summed E-state index contributed by atoms with van der Waals surface area (Å²) in [6.07, 6.45) is 0. The average Bonchev–Trinajstić information content (AvgIpc) is 2.46. The molecule has 0 unspecified atom stereocenters. The molecular weight excluding hydrogens is 281 g/mol. The molecule has 0 saturated carbocycles. The second-order valence-corrected chi connectivity index (χ2v) is 4.29. The summed E-state index contributed by atoms with van der Waals surface area (Å²) in [6.45, 7) is -0.326. The fourth-order valence-electron chi connectivity index (χ4n) is 1.81. The Labute approximate surface area is 119 Å². The molecule has 0 aliphatic carbocycles. The Kier molecular flexibility index (Phi) is 4.45. The summed E-state index contributed by atoms with van der Waals surface area (Å²) in [4.78, 5) is 0. The van der Waals surface area contributed by atoms with Crippen LogP contribution in [0.2, 0.25) is 0 Å². The van der Waals surface area contributed by atoms with Crippen LogP contribution >= 0.6 is 0 Å². The summed E-state index contributed by atoms with van der Waals surface area (Å²) in [5, 5.41) is 8.89. The highest BCUT2D eigenvalue weighted by molar-refractivity contribution is 5.38. The van der Waals surface area contributed by atoms with E-state index in [9.17, 15) is 13.2 Å². The van der Waals surface area contributed by atoms with Crippen LogP contribution < -0.4 is 10.5 Å². The average molecular weight is 292 g/mol. The van der Waals surface area contributed by atoms with Gasteiger partial charge < -0.3 is 10.5 Å². The highest BCUT2D eigenvalue weighted by Gasteiger charge is 2.13. The highest BCUT2D eigenvalue weighted by Crippen LogP contribution is 2.25. The third-order valence-electron chi connectivity index (χ3n) is 2.85. The first kappa shape index (κ1) is 14.9. The molecule has 21 heavy (non-hydrogen) atoms. The largest absolute Gasteiger partial charge is 0.483 e. The van der Waals surface area contributed by atoms with E-state index in [4.69, 9.17) is 15.7 Å². The van der Waals surface area contributed by atoms with Gasteiger partial charge in [-0.25, -0.2) is 13.2 Å². The molecule has 0 aliphatic rings.